The van der Waals surface area contributed by atoms with Crippen molar-refractivity contribution in [3.63, 3.8) is 0 Å². The summed E-state index contributed by atoms with van der Waals surface area (Å²) in [6.07, 6.45) is 8.17. The number of hydrogen-bond donors (Lipinski definition) is 0. The van der Waals surface area contributed by atoms with Crippen LogP contribution in [0.2, 0.25) is 0 Å². The van der Waals surface area contributed by atoms with E-state index in [0.717, 1.165) is 50.7 Å². The molecule has 0 spiro atoms. The quantitative estimate of drug-likeness (QED) is 0.841. The molecule has 3 fully saturated rings. The van der Waals surface area contributed by atoms with Gasteiger partial charge in [0.05, 0.1) is 24.6 Å². The predicted molar refractivity (Wildman–Crippen MR) is 89.7 cm³/mol. The second-order valence-corrected chi connectivity index (χ2v) is 7.33. The fourth-order valence-corrected chi connectivity index (χ4v) is 3.89. The number of hydrogen-bond acceptors (Lipinski definition) is 5. The molecule has 24 heavy (non-hydrogen) atoms. The van der Waals surface area contributed by atoms with E-state index in [4.69, 9.17) is 4.74 Å². The Morgan fingerprint density at radius 1 is 1.17 bits per heavy atom. The number of morpholine rings is 1. The largest absolute Gasteiger partial charge is 0.375 e. The molecule has 3 aliphatic rings. The third-order valence-electron chi connectivity index (χ3n) is 5.46. The maximum atomic E-state index is 12.7. The van der Waals surface area contributed by atoms with Crippen LogP contribution in [-0.2, 0) is 4.74 Å². The van der Waals surface area contributed by atoms with Gasteiger partial charge >= 0.3 is 0 Å². The van der Waals surface area contributed by atoms with Crippen LogP contribution in [-0.4, -0.2) is 70.6 Å². The molecule has 3 heterocycles. The lowest BCUT2D eigenvalue weighted by Gasteiger charge is -2.40. The monoisotopic (exact) mass is 330 g/mol. The normalized spacial score (nSPS) is 28.3. The lowest BCUT2D eigenvalue weighted by atomic mass is 10.0. The number of fused-ring (bicyclic) bond motifs is 1. The fourth-order valence-electron chi connectivity index (χ4n) is 3.89. The molecular formula is C18H26N4O2. The maximum absolute atomic E-state index is 12.7. The van der Waals surface area contributed by atoms with Crippen LogP contribution in [0.1, 0.15) is 41.9 Å². The summed E-state index contributed by atoms with van der Waals surface area (Å²) in [6, 6.07) is 0.459. The van der Waals surface area contributed by atoms with Crippen molar-refractivity contribution in [3.8, 4) is 0 Å². The number of likely N-dealkylation sites (tertiary alicyclic amines) is 1. The summed E-state index contributed by atoms with van der Waals surface area (Å²) in [7, 11) is 0. The smallest absolute Gasteiger partial charge is 0.274 e. The molecule has 1 aromatic rings. The van der Waals surface area contributed by atoms with Crippen molar-refractivity contribution in [1.82, 2.24) is 19.8 Å². The Bertz CT molecular complexity index is 587. The minimum absolute atomic E-state index is 0.00473. The van der Waals surface area contributed by atoms with Crippen molar-refractivity contribution < 1.29 is 9.53 Å². The molecule has 0 unspecified atom stereocenters. The summed E-state index contributed by atoms with van der Waals surface area (Å²) in [5.41, 5.74) is 1.28. The number of amides is 1. The number of carbonyl (C=O) groups is 1. The fraction of sp³-hybridized carbons (Fsp3) is 0.722. The number of aromatic nitrogens is 2. The van der Waals surface area contributed by atoms with Gasteiger partial charge in [0.1, 0.15) is 5.69 Å². The zero-order valence-corrected chi connectivity index (χ0v) is 14.4. The Hall–Kier alpha value is -1.53. The Kier molecular flexibility index (Phi) is 4.50. The van der Waals surface area contributed by atoms with E-state index in [0.29, 0.717) is 11.7 Å². The number of rotatable bonds is 3. The highest BCUT2D eigenvalue weighted by Gasteiger charge is 2.38. The van der Waals surface area contributed by atoms with Gasteiger partial charge in [-0.3, -0.25) is 14.7 Å². The highest BCUT2D eigenvalue weighted by atomic mass is 16.5. The van der Waals surface area contributed by atoms with Crippen molar-refractivity contribution >= 4 is 5.91 Å². The molecule has 2 saturated heterocycles. The first-order valence-electron chi connectivity index (χ1n) is 9.14. The van der Waals surface area contributed by atoms with Gasteiger partial charge in [-0.1, -0.05) is 0 Å². The maximum Gasteiger partial charge on any atom is 0.274 e. The van der Waals surface area contributed by atoms with Gasteiger partial charge in [-0.2, -0.15) is 0 Å². The van der Waals surface area contributed by atoms with E-state index in [1.165, 1.54) is 19.4 Å². The molecule has 6 heteroatoms. The van der Waals surface area contributed by atoms with E-state index in [1.54, 1.807) is 12.4 Å². The van der Waals surface area contributed by atoms with Crippen LogP contribution in [0.4, 0.5) is 0 Å². The lowest BCUT2D eigenvalue weighted by Crippen LogP contribution is -2.51. The second kappa shape index (κ2) is 6.76. The SMILES string of the molecule is Cc1cnc(C(=O)N2CC[C@@H]3[C@@H](CC2)OCCN3CC2CC2)cn1. The summed E-state index contributed by atoms with van der Waals surface area (Å²) in [5, 5.41) is 0. The van der Waals surface area contributed by atoms with E-state index in [1.807, 2.05) is 11.8 Å². The molecule has 0 aromatic carbocycles. The van der Waals surface area contributed by atoms with E-state index < -0.39 is 0 Å². The first-order valence-corrected chi connectivity index (χ1v) is 9.14. The third-order valence-corrected chi connectivity index (χ3v) is 5.46. The molecule has 130 valence electrons. The molecule has 2 aliphatic heterocycles. The van der Waals surface area contributed by atoms with E-state index in [-0.39, 0.29) is 12.0 Å². The summed E-state index contributed by atoms with van der Waals surface area (Å²) < 4.78 is 6.04. The highest BCUT2D eigenvalue weighted by molar-refractivity contribution is 5.92. The number of ether oxygens (including phenoxy) is 1. The summed E-state index contributed by atoms with van der Waals surface area (Å²) in [4.78, 5) is 25.7. The Morgan fingerprint density at radius 2 is 2.00 bits per heavy atom. The van der Waals surface area contributed by atoms with Crippen LogP contribution in [0.3, 0.4) is 0 Å². The first-order chi connectivity index (χ1) is 11.7. The minimum atomic E-state index is -0.00473. The van der Waals surface area contributed by atoms with Gasteiger partial charge in [-0.05, 0) is 38.5 Å². The van der Waals surface area contributed by atoms with Crippen LogP contribution in [0, 0.1) is 12.8 Å². The van der Waals surface area contributed by atoms with Crippen molar-refractivity contribution in [2.24, 2.45) is 5.92 Å². The molecule has 1 aliphatic carbocycles. The van der Waals surface area contributed by atoms with Crippen molar-refractivity contribution in [2.75, 3.05) is 32.8 Å². The van der Waals surface area contributed by atoms with Crippen LogP contribution < -0.4 is 0 Å². The summed E-state index contributed by atoms with van der Waals surface area (Å²) in [5.74, 6) is 0.891. The zero-order valence-electron chi connectivity index (χ0n) is 14.4. The van der Waals surface area contributed by atoms with Gasteiger partial charge in [0.2, 0.25) is 0 Å². The molecule has 1 amide bonds. The summed E-state index contributed by atoms with van der Waals surface area (Å²) in [6.45, 7) is 6.47. The molecular weight excluding hydrogens is 304 g/mol. The molecule has 6 nitrogen and oxygen atoms in total. The second-order valence-electron chi connectivity index (χ2n) is 7.33. The summed E-state index contributed by atoms with van der Waals surface area (Å²) >= 11 is 0. The predicted octanol–water partition coefficient (Wildman–Crippen LogP) is 1.50. The van der Waals surface area contributed by atoms with Gasteiger partial charge in [0.15, 0.2) is 0 Å². The van der Waals surface area contributed by atoms with Crippen molar-refractivity contribution in [2.45, 2.75) is 44.8 Å². The van der Waals surface area contributed by atoms with Gasteiger partial charge in [0.25, 0.3) is 5.91 Å². The van der Waals surface area contributed by atoms with Gasteiger partial charge in [-0.25, -0.2) is 4.98 Å². The molecule has 1 aromatic heterocycles. The van der Waals surface area contributed by atoms with Crippen molar-refractivity contribution in [1.29, 1.82) is 0 Å². The average molecular weight is 330 g/mol. The van der Waals surface area contributed by atoms with E-state index in [2.05, 4.69) is 14.9 Å². The van der Waals surface area contributed by atoms with E-state index >= 15 is 0 Å². The van der Waals surface area contributed by atoms with Crippen molar-refractivity contribution in [3.05, 3.63) is 23.8 Å². The Balaban J connectivity index is 1.43. The minimum Gasteiger partial charge on any atom is -0.375 e. The molecule has 2 atom stereocenters. The zero-order chi connectivity index (χ0) is 16.5. The van der Waals surface area contributed by atoms with E-state index in [9.17, 15) is 4.79 Å². The van der Waals surface area contributed by atoms with Crippen LogP contribution in [0.25, 0.3) is 0 Å². The highest BCUT2D eigenvalue weighted by Crippen LogP contribution is 2.33. The molecule has 0 bridgehead atoms. The van der Waals surface area contributed by atoms with Crippen LogP contribution >= 0.6 is 0 Å². The molecule has 4 rings (SSSR count). The standard InChI is InChI=1S/C18H26N4O2/c1-13-10-20-15(11-19-13)18(23)21-6-4-16-17(5-7-21)24-9-8-22(16)12-14-2-3-14/h10-11,14,16-17H,2-9,12H2,1H3/t16-,17-/m1/s1. The van der Waals surface area contributed by atoms with Gasteiger partial charge in [-0.15, -0.1) is 0 Å². The van der Waals surface area contributed by atoms with Crippen LogP contribution in [0.5, 0.6) is 0 Å². The van der Waals surface area contributed by atoms with Gasteiger partial charge in [0, 0.05) is 38.4 Å². The third kappa shape index (κ3) is 3.44. The molecule has 0 radical (unpaired) electrons. The molecule has 0 N–H and O–H groups in total. The number of aryl methyl sites for hydroxylation is 1. The van der Waals surface area contributed by atoms with Crippen LogP contribution in [0.15, 0.2) is 12.4 Å². The average Bonchev–Trinajstić information content (AvgIpc) is 3.41. The number of carbonyl (C=O) groups excluding carboxylic acids is 1. The topological polar surface area (TPSA) is 58.6 Å². The Morgan fingerprint density at radius 3 is 2.75 bits per heavy atom. The molecule has 1 saturated carbocycles. The first kappa shape index (κ1) is 16.0. The number of nitrogens with zero attached hydrogens (tertiary/aromatic N) is 4. The van der Waals surface area contributed by atoms with Gasteiger partial charge < -0.3 is 9.64 Å². The lowest BCUT2D eigenvalue weighted by molar-refractivity contribution is -0.0727. The Labute approximate surface area is 143 Å².